The summed E-state index contributed by atoms with van der Waals surface area (Å²) in [7, 11) is 0. The van der Waals surface area contributed by atoms with Crippen LogP contribution in [0.25, 0.3) is 0 Å². The number of alkyl halides is 1. The molecule has 22 heavy (non-hydrogen) atoms. The molecule has 1 nitrogen and oxygen atoms in total. The minimum Gasteiger partial charge on any atom is -0.324 e. The van der Waals surface area contributed by atoms with Gasteiger partial charge in [0.1, 0.15) is 5.67 Å². The van der Waals surface area contributed by atoms with Crippen LogP contribution < -0.4 is 5.73 Å². The Hall–Kier alpha value is -0.890. The Morgan fingerprint density at radius 1 is 1.23 bits per heavy atom. The molecular weight excluding hydrogens is 273 g/mol. The monoisotopic (exact) mass is 307 g/mol. The van der Waals surface area contributed by atoms with Crippen LogP contribution in [0, 0.1) is 17.8 Å². The van der Waals surface area contributed by atoms with E-state index in [9.17, 15) is 4.39 Å². The molecule has 2 heteroatoms. The lowest BCUT2D eigenvalue weighted by Crippen LogP contribution is -2.29. The van der Waals surface area contributed by atoms with Gasteiger partial charge in [0, 0.05) is 6.04 Å². The molecule has 1 saturated carbocycles. The lowest BCUT2D eigenvalue weighted by atomic mass is 9.84. The van der Waals surface area contributed by atoms with Crippen LogP contribution in [0.1, 0.15) is 60.8 Å². The van der Waals surface area contributed by atoms with E-state index in [0.29, 0.717) is 24.7 Å². The summed E-state index contributed by atoms with van der Waals surface area (Å²) < 4.78 is 14.9. The van der Waals surface area contributed by atoms with Crippen LogP contribution in [-0.2, 0) is 0 Å². The van der Waals surface area contributed by atoms with Gasteiger partial charge in [-0.2, -0.15) is 0 Å². The molecule has 1 fully saturated rings. The smallest absolute Gasteiger partial charge is 0.113 e. The van der Waals surface area contributed by atoms with Crippen molar-refractivity contribution in [3.63, 3.8) is 0 Å². The first-order valence-corrected chi connectivity index (χ1v) is 8.74. The Morgan fingerprint density at radius 2 is 1.86 bits per heavy atom. The largest absolute Gasteiger partial charge is 0.324 e. The second kappa shape index (κ2) is 8.10. The average molecular weight is 307 g/mol. The Balaban J connectivity index is 2.68. The predicted octanol–water partition coefficient (Wildman–Crippen LogP) is 5.58. The van der Waals surface area contributed by atoms with Crippen molar-refractivity contribution in [1.29, 1.82) is 0 Å². The van der Waals surface area contributed by atoms with Crippen LogP contribution in [0.5, 0.6) is 0 Å². The molecule has 1 aliphatic carbocycles. The van der Waals surface area contributed by atoms with E-state index in [1.54, 1.807) is 0 Å². The fourth-order valence-electron chi connectivity index (χ4n) is 3.24. The first-order chi connectivity index (χ1) is 10.3. The van der Waals surface area contributed by atoms with Gasteiger partial charge in [0.15, 0.2) is 0 Å². The lowest BCUT2D eigenvalue weighted by molar-refractivity contribution is 0.0762. The molecular formula is C20H34FN. The van der Waals surface area contributed by atoms with E-state index in [2.05, 4.69) is 31.2 Å². The topological polar surface area (TPSA) is 26.0 Å². The summed E-state index contributed by atoms with van der Waals surface area (Å²) in [5.41, 5.74) is 7.40. The molecule has 0 bridgehead atoms. The summed E-state index contributed by atoms with van der Waals surface area (Å²) in [6.45, 7) is 12.0. The first-order valence-electron chi connectivity index (χ1n) is 8.74. The highest BCUT2D eigenvalue weighted by atomic mass is 19.1. The number of allylic oxidation sites excluding steroid dienone is 4. The van der Waals surface area contributed by atoms with Gasteiger partial charge < -0.3 is 5.73 Å². The third kappa shape index (κ3) is 4.81. The number of halogens is 1. The minimum absolute atomic E-state index is 0.0499. The van der Waals surface area contributed by atoms with Gasteiger partial charge in [-0.05, 0) is 68.9 Å². The van der Waals surface area contributed by atoms with Crippen LogP contribution in [0.15, 0.2) is 35.5 Å². The van der Waals surface area contributed by atoms with Crippen molar-refractivity contribution in [2.45, 2.75) is 72.5 Å². The molecule has 4 unspecified atom stereocenters. The van der Waals surface area contributed by atoms with E-state index in [0.717, 1.165) is 12.0 Å². The zero-order chi connectivity index (χ0) is 16.9. The predicted molar refractivity (Wildman–Crippen MR) is 95.5 cm³/mol. The van der Waals surface area contributed by atoms with Gasteiger partial charge in [0.05, 0.1) is 0 Å². The molecule has 0 radical (unpaired) electrons. The molecule has 0 saturated heterocycles. The Bertz CT molecular complexity index is 445. The van der Waals surface area contributed by atoms with Gasteiger partial charge in [0.25, 0.3) is 0 Å². The lowest BCUT2D eigenvalue weighted by Gasteiger charge is -2.28. The molecule has 1 aliphatic rings. The van der Waals surface area contributed by atoms with Gasteiger partial charge in [-0.15, -0.1) is 0 Å². The van der Waals surface area contributed by atoms with Gasteiger partial charge in [0.2, 0.25) is 0 Å². The van der Waals surface area contributed by atoms with Crippen LogP contribution >= 0.6 is 0 Å². The summed E-state index contributed by atoms with van der Waals surface area (Å²) in [4.78, 5) is 0. The Labute approximate surface area is 136 Å². The van der Waals surface area contributed by atoms with Crippen molar-refractivity contribution >= 4 is 0 Å². The summed E-state index contributed by atoms with van der Waals surface area (Å²) >= 11 is 0. The molecule has 0 spiro atoms. The number of hydrogen-bond donors (Lipinski definition) is 1. The van der Waals surface area contributed by atoms with Gasteiger partial charge in [-0.3, -0.25) is 0 Å². The van der Waals surface area contributed by atoms with E-state index in [4.69, 9.17) is 5.73 Å². The zero-order valence-electron chi connectivity index (χ0n) is 15.2. The maximum Gasteiger partial charge on any atom is 0.113 e. The quantitative estimate of drug-likeness (QED) is 0.582. The molecule has 126 valence electrons. The summed E-state index contributed by atoms with van der Waals surface area (Å²) in [5, 5.41) is 0. The molecule has 0 aromatic carbocycles. The molecule has 0 aliphatic heterocycles. The van der Waals surface area contributed by atoms with Crippen molar-refractivity contribution < 1.29 is 4.39 Å². The second-order valence-corrected chi connectivity index (χ2v) is 7.05. The molecule has 0 amide bonds. The maximum atomic E-state index is 14.9. The van der Waals surface area contributed by atoms with E-state index in [1.807, 2.05) is 34.6 Å². The highest BCUT2D eigenvalue weighted by Gasteiger charge is 2.45. The van der Waals surface area contributed by atoms with E-state index < -0.39 is 5.67 Å². The van der Waals surface area contributed by atoms with Crippen molar-refractivity contribution in [1.82, 2.24) is 0 Å². The highest BCUT2D eigenvalue weighted by molar-refractivity contribution is 5.34. The molecule has 2 N–H and O–H groups in total. The van der Waals surface area contributed by atoms with Crippen molar-refractivity contribution in [2.24, 2.45) is 23.5 Å². The van der Waals surface area contributed by atoms with Crippen LogP contribution in [0.3, 0.4) is 0 Å². The number of rotatable bonds is 8. The standard InChI is InChI=1S/C20H34FN/c1-7-16(15(6)22)10-11-17(8-2)19-12-18(19)13-20(21,9-3)14(4)5/h7-8,10-11,14-15,18-19H,9,12-13,22H2,1-6H3. The average Bonchev–Trinajstić information content (AvgIpc) is 3.21. The fourth-order valence-corrected chi connectivity index (χ4v) is 3.24. The van der Waals surface area contributed by atoms with Crippen molar-refractivity contribution in [3.05, 3.63) is 35.5 Å². The summed E-state index contributed by atoms with van der Waals surface area (Å²) in [6.07, 6.45) is 10.9. The molecule has 1 rings (SSSR count). The minimum atomic E-state index is -1.01. The maximum absolute atomic E-state index is 14.9. The Kier molecular flexibility index (Phi) is 7.05. The summed E-state index contributed by atoms with van der Waals surface area (Å²) in [6, 6.07) is 0.0499. The van der Waals surface area contributed by atoms with E-state index in [1.165, 1.54) is 5.57 Å². The van der Waals surface area contributed by atoms with Gasteiger partial charge >= 0.3 is 0 Å². The van der Waals surface area contributed by atoms with Gasteiger partial charge in [-0.25, -0.2) is 4.39 Å². The summed E-state index contributed by atoms with van der Waals surface area (Å²) in [5.74, 6) is 1.11. The van der Waals surface area contributed by atoms with E-state index in [-0.39, 0.29) is 12.0 Å². The third-order valence-electron chi connectivity index (χ3n) is 5.24. The second-order valence-electron chi connectivity index (χ2n) is 7.05. The third-order valence-corrected chi connectivity index (χ3v) is 5.24. The van der Waals surface area contributed by atoms with Crippen LogP contribution in [-0.4, -0.2) is 11.7 Å². The fraction of sp³-hybridized carbons (Fsp3) is 0.700. The number of nitrogens with two attached hydrogens (primary N) is 1. The molecule has 0 aromatic heterocycles. The van der Waals surface area contributed by atoms with Crippen LogP contribution in [0.2, 0.25) is 0 Å². The Morgan fingerprint density at radius 3 is 2.27 bits per heavy atom. The van der Waals surface area contributed by atoms with Crippen molar-refractivity contribution in [3.8, 4) is 0 Å². The van der Waals surface area contributed by atoms with Crippen LogP contribution in [0.4, 0.5) is 4.39 Å². The molecule has 4 atom stereocenters. The van der Waals surface area contributed by atoms with Crippen molar-refractivity contribution in [2.75, 3.05) is 0 Å². The normalized spacial score (nSPS) is 27.3. The molecule has 0 aromatic rings. The zero-order valence-corrected chi connectivity index (χ0v) is 15.2. The first kappa shape index (κ1) is 19.2. The molecule has 0 heterocycles. The number of hydrogen-bond acceptors (Lipinski definition) is 1. The highest BCUT2D eigenvalue weighted by Crippen LogP contribution is 2.51. The SMILES string of the molecule is CC=C(C=CC(=CC)C1CC1CC(F)(CC)C(C)C)C(C)N. The van der Waals surface area contributed by atoms with E-state index >= 15 is 0 Å². The van der Waals surface area contributed by atoms with Gasteiger partial charge in [-0.1, -0.05) is 45.1 Å².